The average Bonchev–Trinajstić information content (AvgIpc) is 3.36. The molecule has 0 aliphatic heterocycles. The summed E-state index contributed by atoms with van der Waals surface area (Å²) >= 11 is 0. The van der Waals surface area contributed by atoms with Crippen LogP contribution in [0.5, 0.6) is 0 Å². The molecule has 0 saturated heterocycles. The summed E-state index contributed by atoms with van der Waals surface area (Å²) in [6, 6.07) is 0. The third-order valence-corrected chi connectivity index (χ3v) is 12.0. The maximum absolute atomic E-state index is 12.8. The van der Waals surface area contributed by atoms with Gasteiger partial charge in [0.2, 0.25) is 0 Å². The molecule has 0 aliphatic carbocycles. The molecule has 1 unspecified atom stereocenters. The fourth-order valence-electron chi connectivity index (χ4n) is 7.71. The van der Waals surface area contributed by atoms with Crippen LogP contribution < -0.4 is 0 Å². The largest absolute Gasteiger partial charge is 0.462 e. The molecule has 0 rings (SSSR count). The molecular formula is C64H106O6. The molecule has 0 aliphatic rings. The Morgan fingerprint density at radius 3 is 0.929 bits per heavy atom. The van der Waals surface area contributed by atoms with Crippen LogP contribution in [0.25, 0.3) is 0 Å². The number of rotatable bonds is 51. The molecule has 0 spiro atoms. The number of hydrogen-bond donors (Lipinski definition) is 0. The van der Waals surface area contributed by atoms with Gasteiger partial charge in [0.05, 0.1) is 0 Å². The van der Waals surface area contributed by atoms with Gasteiger partial charge in [0, 0.05) is 19.3 Å². The number of hydrogen-bond acceptors (Lipinski definition) is 6. The first-order valence-corrected chi connectivity index (χ1v) is 28.9. The lowest BCUT2D eigenvalue weighted by Crippen LogP contribution is -2.30. The molecule has 0 heterocycles. The van der Waals surface area contributed by atoms with Crippen molar-refractivity contribution < 1.29 is 28.6 Å². The van der Waals surface area contributed by atoms with E-state index in [1.54, 1.807) is 0 Å². The summed E-state index contributed by atoms with van der Waals surface area (Å²) in [5.41, 5.74) is 0. The number of carbonyl (C=O) groups is 3. The Balaban J connectivity index is 4.54. The van der Waals surface area contributed by atoms with E-state index in [2.05, 4.69) is 130 Å². The van der Waals surface area contributed by atoms with Gasteiger partial charge >= 0.3 is 17.9 Å². The zero-order valence-electron chi connectivity index (χ0n) is 45.5. The highest BCUT2D eigenvalue weighted by Gasteiger charge is 2.19. The molecular weight excluding hydrogens is 865 g/mol. The van der Waals surface area contributed by atoms with E-state index in [9.17, 15) is 14.4 Å². The Morgan fingerprint density at radius 1 is 0.300 bits per heavy atom. The molecule has 0 saturated carbocycles. The molecule has 0 N–H and O–H groups in total. The van der Waals surface area contributed by atoms with E-state index in [0.29, 0.717) is 19.3 Å². The van der Waals surface area contributed by atoms with Gasteiger partial charge in [-0.3, -0.25) is 14.4 Å². The van der Waals surface area contributed by atoms with Crippen LogP contribution in [-0.2, 0) is 28.6 Å². The summed E-state index contributed by atoms with van der Waals surface area (Å²) in [6.07, 6.45) is 78.0. The first kappa shape index (κ1) is 66.1. The molecule has 6 nitrogen and oxygen atoms in total. The maximum Gasteiger partial charge on any atom is 0.306 e. The zero-order chi connectivity index (χ0) is 50.7. The Bertz CT molecular complexity index is 1440. The molecule has 6 heteroatoms. The minimum absolute atomic E-state index is 0.117. The van der Waals surface area contributed by atoms with Crippen molar-refractivity contribution >= 4 is 17.9 Å². The van der Waals surface area contributed by atoms with Crippen LogP contribution >= 0.6 is 0 Å². The second-order valence-corrected chi connectivity index (χ2v) is 18.8. The van der Waals surface area contributed by atoms with Gasteiger partial charge in [-0.15, -0.1) is 0 Å². The van der Waals surface area contributed by atoms with Crippen molar-refractivity contribution in [3.8, 4) is 0 Å². The minimum Gasteiger partial charge on any atom is -0.462 e. The van der Waals surface area contributed by atoms with E-state index in [1.165, 1.54) is 122 Å². The molecule has 70 heavy (non-hydrogen) atoms. The molecule has 0 aromatic heterocycles. The Labute approximate surface area is 431 Å². The van der Waals surface area contributed by atoms with E-state index < -0.39 is 6.10 Å². The predicted octanol–water partition coefficient (Wildman–Crippen LogP) is 19.5. The van der Waals surface area contributed by atoms with Gasteiger partial charge < -0.3 is 14.2 Å². The smallest absolute Gasteiger partial charge is 0.306 e. The summed E-state index contributed by atoms with van der Waals surface area (Å²) in [7, 11) is 0. The zero-order valence-corrected chi connectivity index (χ0v) is 45.5. The van der Waals surface area contributed by atoms with Crippen LogP contribution in [0.2, 0.25) is 0 Å². The highest BCUT2D eigenvalue weighted by molar-refractivity contribution is 5.71. The third kappa shape index (κ3) is 55.0. The molecule has 1 atom stereocenters. The molecule has 0 fully saturated rings. The van der Waals surface area contributed by atoms with Gasteiger partial charge in [-0.2, -0.15) is 0 Å². The predicted molar refractivity (Wildman–Crippen MR) is 302 cm³/mol. The van der Waals surface area contributed by atoms with Crippen molar-refractivity contribution in [1.82, 2.24) is 0 Å². The topological polar surface area (TPSA) is 78.9 Å². The second-order valence-electron chi connectivity index (χ2n) is 18.8. The van der Waals surface area contributed by atoms with Crippen molar-refractivity contribution in [2.24, 2.45) is 0 Å². The number of allylic oxidation sites excluding steroid dienone is 18. The lowest BCUT2D eigenvalue weighted by Gasteiger charge is -2.18. The van der Waals surface area contributed by atoms with Gasteiger partial charge in [0.25, 0.3) is 0 Å². The molecule has 0 aromatic rings. The van der Waals surface area contributed by atoms with Crippen molar-refractivity contribution in [3.05, 3.63) is 109 Å². The SMILES string of the molecule is CC/C=C\C/C=C\C/C=C\C/C=C\C/C=C\CCCC(=O)OC(COC(=O)CCC/C=C\C/C=C\C/C=C\C/C=C\CCCCC)COC(=O)CCCCCCCCCCCCCCCCCCCC. The van der Waals surface area contributed by atoms with Crippen LogP contribution in [0.1, 0.15) is 258 Å². The summed E-state index contributed by atoms with van der Waals surface area (Å²) in [4.78, 5) is 38.1. The Morgan fingerprint density at radius 2 is 0.571 bits per heavy atom. The Kier molecular flexibility index (Phi) is 54.4. The summed E-state index contributed by atoms with van der Waals surface area (Å²) in [5, 5.41) is 0. The number of ether oxygens (including phenoxy) is 3. The Hall–Kier alpha value is -3.93. The van der Waals surface area contributed by atoms with E-state index in [1.807, 2.05) is 0 Å². The van der Waals surface area contributed by atoms with Gasteiger partial charge in [-0.05, 0) is 96.3 Å². The first-order valence-electron chi connectivity index (χ1n) is 28.9. The van der Waals surface area contributed by atoms with Crippen LogP contribution in [0.4, 0.5) is 0 Å². The summed E-state index contributed by atoms with van der Waals surface area (Å²) in [6.45, 7) is 6.41. The van der Waals surface area contributed by atoms with Gasteiger partial charge in [-0.25, -0.2) is 0 Å². The quantitative estimate of drug-likeness (QED) is 0.0262. The van der Waals surface area contributed by atoms with Crippen LogP contribution in [0.15, 0.2) is 109 Å². The van der Waals surface area contributed by atoms with Crippen molar-refractivity contribution in [3.63, 3.8) is 0 Å². The fourth-order valence-corrected chi connectivity index (χ4v) is 7.71. The van der Waals surface area contributed by atoms with Crippen LogP contribution in [0, 0.1) is 0 Å². The van der Waals surface area contributed by atoms with Gasteiger partial charge in [-0.1, -0.05) is 252 Å². The standard InChI is InChI=1S/C64H106O6/c1-4-7-10-13-16-19-22-25-28-31-34-36-39-42-45-48-51-54-57-63(66)69-60-61(70-64(67)58-55-52-49-46-43-40-37-33-30-27-24-21-18-15-12-9-6-3)59-68-62(65)56-53-50-47-44-41-38-35-32-29-26-23-20-17-14-11-8-5-2/h9,12,17-18,20-21,26-27,29-30,35,37-38,40,44,46-47,49,61H,4-8,10-11,13-16,19,22-25,28,31-34,36,39,41-43,45,48,50-60H2,1-3H3/b12-9-,20-17-,21-18-,29-26-,30-27-,38-35-,40-37-,47-44-,49-46-. The molecule has 0 aromatic carbocycles. The second kappa shape index (κ2) is 57.6. The van der Waals surface area contributed by atoms with Crippen molar-refractivity contribution in [2.45, 2.75) is 264 Å². The van der Waals surface area contributed by atoms with Gasteiger partial charge in [0.15, 0.2) is 6.10 Å². The normalized spacial score (nSPS) is 12.9. The average molecular weight is 972 g/mol. The minimum atomic E-state index is -0.831. The van der Waals surface area contributed by atoms with Crippen molar-refractivity contribution in [2.75, 3.05) is 13.2 Å². The van der Waals surface area contributed by atoms with Crippen molar-refractivity contribution in [1.29, 1.82) is 0 Å². The van der Waals surface area contributed by atoms with E-state index in [-0.39, 0.29) is 44.0 Å². The van der Waals surface area contributed by atoms with E-state index in [0.717, 1.165) is 83.5 Å². The lowest BCUT2D eigenvalue weighted by atomic mass is 10.0. The van der Waals surface area contributed by atoms with Crippen LogP contribution in [0.3, 0.4) is 0 Å². The first-order chi connectivity index (χ1) is 34.5. The highest BCUT2D eigenvalue weighted by Crippen LogP contribution is 2.15. The summed E-state index contributed by atoms with van der Waals surface area (Å²) < 4.78 is 16.8. The van der Waals surface area contributed by atoms with Crippen LogP contribution in [-0.4, -0.2) is 37.2 Å². The molecule has 398 valence electrons. The number of esters is 3. The molecule has 0 amide bonds. The number of carbonyl (C=O) groups excluding carboxylic acids is 3. The fraction of sp³-hybridized carbons (Fsp3) is 0.672. The molecule has 0 bridgehead atoms. The van der Waals surface area contributed by atoms with E-state index >= 15 is 0 Å². The third-order valence-electron chi connectivity index (χ3n) is 12.0. The lowest BCUT2D eigenvalue weighted by molar-refractivity contribution is -0.167. The molecule has 0 radical (unpaired) electrons. The van der Waals surface area contributed by atoms with E-state index in [4.69, 9.17) is 14.2 Å². The monoisotopic (exact) mass is 971 g/mol. The maximum atomic E-state index is 12.8. The summed E-state index contributed by atoms with van der Waals surface area (Å²) in [5.74, 6) is -1.03. The van der Waals surface area contributed by atoms with Gasteiger partial charge in [0.1, 0.15) is 13.2 Å². The highest BCUT2D eigenvalue weighted by atomic mass is 16.6. The number of unbranched alkanes of at least 4 members (excludes halogenated alkanes) is 22.